The van der Waals surface area contributed by atoms with Crippen molar-refractivity contribution < 1.29 is 8.42 Å². The first-order chi connectivity index (χ1) is 9.29. The van der Waals surface area contributed by atoms with Gasteiger partial charge in [-0.3, -0.25) is 5.10 Å². The van der Waals surface area contributed by atoms with Crippen molar-refractivity contribution in [1.29, 1.82) is 0 Å². The molecule has 1 heterocycles. The van der Waals surface area contributed by atoms with E-state index in [9.17, 15) is 8.42 Å². The summed E-state index contributed by atoms with van der Waals surface area (Å²) in [5.74, 6) is 0. The molecule has 0 radical (unpaired) electrons. The highest BCUT2D eigenvalue weighted by Gasteiger charge is 2.31. The summed E-state index contributed by atoms with van der Waals surface area (Å²) in [5, 5.41) is 9.97. The Morgan fingerprint density at radius 3 is 2.35 bits per heavy atom. The first-order valence-electron chi connectivity index (χ1n) is 7.08. The van der Waals surface area contributed by atoms with Gasteiger partial charge in [0, 0.05) is 12.1 Å². The fourth-order valence-electron chi connectivity index (χ4n) is 1.96. The second-order valence-electron chi connectivity index (χ2n) is 5.28. The van der Waals surface area contributed by atoms with Crippen LogP contribution in [0.2, 0.25) is 0 Å². The zero-order valence-electron chi connectivity index (χ0n) is 13.0. The fourth-order valence-corrected chi connectivity index (χ4v) is 3.88. The van der Waals surface area contributed by atoms with Crippen molar-refractivity contribution in [2.45, 2.75) is 64.4 Å². The molecule has 0 bridgehead atoms. The van der Waals surface area contributed by atoms with Gasteiger partial charge in [-0.05, 0) is 33.2 Å². The molecular weight excluding hydrogens is 276 g/mol. The van der Waals surface area contributed by atoms with E-state index < -0.39 is 15.6 Å². The number of H-pyrrole nitrogens is 1. The molecule has 0 aliphatic carbocycles. The highest BCUT2D eigenvalue weighted by atomic mass is 32.2. The summed E-state index contributed by atoms with van der Waals surface area (Å²) in [6.45, 7) is 10.8. The Bertz CT molecular complexity index is 533. The molecule has 1 rings (SSSR count). The van der Waals surface area contributed by atoms with Crippen molar-refractivity contribution in [1.82, 2.24) is 20.2 Å². The molecule has 3 N–H and O–H groups in total. The predicted octanol–water partition coefficient (Wildman–Crippen LogP) is 1.68. The van der Waals surface area contributed by atoms with E-state index >= 15 is 0 Å². The Labute approximate surface area is 121 Å². The van der Waals surface area contributed by atoms with E-state index in [4.69, 9.17) is 0 Å². The number of sulfonamides is 1. The zero-order chi connectivity index (χ0) is 15.4. The molecule has 0 atom stereocenters. The second kappa shape index (κ2) is 6.69. The van der Waals surface area contributed by atoms with Gasteiger partial charge in [0.15, 0.2) is 0 Å². The van der Waals surface area contributed by atoms with Crippen LogP contribution in [0, 0.1) is 6.92 Å². The maximum Gasteiger partial charge on any atom is 0.244 e. The van der Waals surface area contributed by atoms with Crippen LogP contribution >= 0.6 is 0 Å². The predicted molar refractivity (Wildman–Crippen MR) is 80.0 cm³/mol. The van der Waals surface area contributed by atoms with Crippen LogP contribution in [-0.4, -0.2) is 30.7 Å². The fraction of sp³-hybridized carbons (Fsp3) is 0.769. The van der Waals surface area contributed by atoms with Gasteiger partial charge in [-0.15, -0.1) is 0 Å². The van der Waals surface area contributed by atoms with Crippen molar-refractivity contribution in [3.63, 3.8) is 0 Å². The van der Waals surface area contributed by atoms with Crippen LogP contribution in [0.4, 0.5) is 0 Å². The van der Waals surface area contributed by atoms with Gasteiger partial charge in [0.05, 0.1) is 11.4 Å². The molecule has 1 aromatic rings. The van der Waals surface area contributed by atoms with E-state index in [1.807, 2.05) is 27.7 Å². The third-order valence-electron chi connectivity index (χ3n) is 3.71. The Hall–Kier alpha value is -0.920. The van der Waals surface area contributed by atoms with E-state index in [1.165, 1.54) is 0 Å². The van der Waals surface area contributed by atoms with Crippen LogP contribution in [0.5, 0.6) is 0 Å². The van der Waals surface area contributed by atoms with Gasteiger partial charge in [0.2, 0.25) is 10.0 Å². The highest BCUT2D eigenvalue weighted by Crippen LogP contribution is 2.22. The molecule has 116 valence electrons. The van der Waals surface area contributed by atoms with E-state index in [0.717, 1.165) is 19.4 Å². The molecule has 0 fully saturated rings. The minimum atomic E-state index is -3.57. The average molecular weight is 302 g/mol. The first-order valence-corrected chi connectivity index (χ1v) is 8.56. The Morgan fingerprint density at radius 1 is 1.25 bits per heavy atom. The smallest absolute Gasteiger partial charge is 0.244 e. The first kappa shape index (κ1) is 17.1. The number of hydrogen-bond donors (Lipinski definition) is 3. The maximum atomic E-state index is 12.6. The van der Waals surface area contributed by atoms with Gasteiger partial charge >= 0.3 is 0 Å². The molecule has 0 aliphatic heterocycles. The number of hydrogen-bond acceptors (Lipinski definition) is 4. The summed E-state index contributed by atoms with van der Waals surface area (Å²) in [5.41, 5.74) is 0.671. The van der Waals surface area contributed by atoms with Crippen LogP contribution < -0.4 is 10.0 Å². The van der Waals surface area contributed by atoms with Gasteiger partial charge in [-0.1, -0.05) is 20.8 Å². The molecule has 20 heavy (non-hydrogen) atoms. The van der Waals surface area contributed by atoms with Crippen molar-refractivity contribution in [2.24, 2.45) is 0 Å². The molecule has 0 aromatic carbocycles. The summed E-state index contributed by atoms with van der Waals surface area (Å²) in [7, 11) is -3.57. The van der Waals surface area contributed by atoms with Crippen molar-refractivity contribution in [3.8, 4) is 0 Å². The van der Waals surface area contributed by atoms with E-state index in [2.05, 4.69) is 20.2 Å². The third kappa shape index (κ3) is 3.80. The molecule has 6 nitrogen and oxygen atoms in total. The number of rotatable bonds is 8. The molecule has 0 spiro atoms. The summed E-state index contributed by atoms with van der Waals surface area (Å²) >= 11 is 0. The van der Waals surface area contributed by atoms with E-state index in [0.29, 0.717) is 17.9 Å². The molecule has 0 unspecified atom stereocenters. The summed E-state index contributed by atoms with van der Waals surface area (Å²) in [6.07, 6.45) is 1.48. The normalized spacial score (nSPS) is 12.8. The van der Waals surface area contributed by atoms with Crippen LogP contribution in [0.15, 0.2) is 4.90 Å². The molecule has 0 saturated heterocycles. The lowest BCUT2D eigenvalue weighted by atomic mass is 9.98. The monoisotopic (exact) mass is 302 g/mol. The Morgan fingerprint density at radius 2 is 1.85 bits per heavy atom. The van der Waals surface area contributed by atoms with Gasteiger partial charge in [0.25, 0.3) is 0 Å². The number of aromatic amines is 1. The van der Waals surface area contributed by atoms with Crippen LogP contribution in [-0.2, 0) is 16.6 Å². The minimum Gasteiger partial charge on any atom is -0.311 e. The Kier molecular flexibility index (Phi) is 5.73. The van der Waals surface area contributed by atoms with Crippen LogP contribution in [0.1, 0.15) is 51.9 Å². The highest BCUT2D eigenvalue weighted by molar-refractivity contribution is 7.89. The maximum absolute atomic E-state index is 12.6. The van der Waals surface area contributed by atoms with Crippen molar-refractivity contribution in [3.05, 3.63) is 11.4 Å². The van der Waals surface area contributed by atoms with Gasteiger partial charge in [-0.2, -0.15) is 5.10 Å². The zero-order valence-corrected chi connectivity index (χ0v) is 13.8. The lowest BCUT2D eigenvalue weighted by Gasteiger charge is -2.27. The molecule has 0 saturated carbocycles. The van der Waals surface area contributed by atoms with Gasteiger partial charge in [0.1, 0.15) is 4.90 Å². The molecule has 7 heteroatoms. The standard InChI is InChI=1S/C13H26N4O2S/c1-6-13(5,7-2)17-20(18,19)12-10(4)15-16-11(12)9-14-8-3/h14,17H,6-9H2,1-5H3,(H,15,16). The van der Waals surface area contributed by atoms with Crippen LogP contribution in [0.25, 0.3) is 0 Å². The quantitative estimate of drug-likeness (QED) is 0.682. The van der Waals surface area contributed by atoms with Crippen molar-refractivity contribution in [2.75, 3.05) is 6.54 Å². The molecular formula is C13H26N4O2S. The molecule has 0 amide bonds. The summed E-state index contributed by atoms with van der Waals surface area (Å²) < 4.78 is 28.1. The van der Waals surface area contributed by atoms with Crippen LogP contribution in [0.3, 0.4) is 0 Å². The Balaban J connectivity index is 3.12. The minimum absolute atomic E-state index is 0.270. The van der Waals surface area contributed by atoms with Gasteiger partial charge < -0.3 is 5.32 Å². The SMILES string of the molecule is CCNCc1n[nH]c(C)c1S(=O)(=O)NC(C)(CC)CC. The lowest BCUT2D eigenvalue weighted by molar-refractivity contribution is 0.388. The number of aryl methyl sites for hydroxylation is 1. The summed E-state index contributed by atoms with van der Waals surface area (Å²) in [4.78, 5) is 0.270. The average Bonchev–Trinajstić information content (AvgIpc) is 2.77. The second-order valence-corrected chi connectivity index (χ2v) is 6.90. The topological polar surface area (TPSA) is 86.9 Å². The molecule has 0 aliphatic rings. The number of nitrogens with one attached hydrogen (secondary N) is 3. The van der Waals surface area contributed by atoms with E-state index in [1.54, 1.807) is 6.92 Å². The molecule has 1 aromatic heterocycles. The van der Waals surface area contributed by atoms with E-state index in [-0.39, 0.29) is 4.90 Å². The van der Waals surface area contributed by atoms with Gasteiger partial charge in [-0.25, -0.2) is 13.1 Å². The number of nitrogens with zero attached hydrogens (tertiary/aromatic N) is 1. The largest absolute Gasteiger partial charge is 0.311 e. The third-order valence-corrected chi connectivity index (χ3v) is 5.55. The van der Waals surface area contributed by atoms with Crippen molar-refractivity contribution >= 4 is 10.0 Å². The lowest BCUT2D eigenvalue weighted by Crippen LogP contribution is -2.45. The summed E-state index contributed by atoms with van der Waals surface area (Å²) in [6, 6.07) is 0. The number of aromatic nitrogens is 2.